The fraction of sp³-hybridized carbons (Fsp3) is 0.222. The van der Waals surface area contributed by atoms with Gasteiger partial charge < -0.3 is 14.8 Å². The Balaban J connectivity index is 1.26. The summed E-state index contributed by atoms with van der Waals surface area (Å²) in [7, 11) is 0. The van der Waals surface area contributed by atoms with Crippen molar-refractivity contribution in [3.05, 3.63) is 89.5 Å². The first-order valence-electron chi connectivity index (χ1n) is 11.4. The zero-order valence-corrected chi connectivity index (χ0v) is 19.6. The minimum Gasteiger partial charge on any atom is -0.370 e. The van der Waals surface area contributed by atoms with Crippen LogP contribution in [0.5, 0.6) is 0 Å². The number of anilines is 1. The summed E-state index contributed by atoms with van der Waals surface area (Å²) < 4.78 is 0. The maximum absolute atomic E-state index is 13.5. The molecule has 170 valence electrons. The van der Waals surface area contributed by atoms with Gasteiger partial charge in [0.1, 0.15) is 0 Å². The SMILES string of the molecule is N#Cc1ccc(N2CCCN(C(=O)c3ccccc3CSc3nc4ccccc4[nH]3)CC2)cc1. The number of hydrogen-bond acceptors (Lipinski definition) is 5. The van der Waals surface area contributed by atoms with Crippen LogP contribution in [0.4, 0.5) is 5.69 Å². The average molecular weight is 468 g/mol. The summed E-state index contributed by atoms with van der Waals surface area (Å²) >= 11 is 1.61. The summed E-state index contributed by atoms with van der Waals surface area (Å²) in [4.78, 5) is 25.7. The molecule has 1 saturated heterocycles. The molecule has 3 aromatic carbocycles. The molecule has 0 spiro atoms. The molecule has 34 heavy (non-hydrogen) atoms. The Morgan fingerprint density at radius 2 is 1.76 bits per heavy atom. The van der Waals surface area contributed by atoms with Crippen LogP contribution in [0.15, 0.2) is 78.0 Å². The fourth-order valence-corrected chi connectivity index (χ4v) is 5.18. The van der Waals surface area contributed by atoms with E-state index in [4.69, 9.17) is 5.26 Å². The van der Waals surface area contributed by atoms with Crippen molar-refractivity contribution < 1.29 is 4.79 Å². The number of nitriles is 1. The minimum absolute atomic E-state index is 0.0856. The number of hydrogen-bond donors (Lipinski definition) is 1. The number of aromatic nitrogens is 2. The molecule has 1 aliphatic rings. The fourth-order valence-electron chi connectivity index (χ4n) is 4.29. The lowest BCUT2D eigenvalue weighted by Gasteiger charge is -2.24. The molecule has 0 bridgehead atoms. The molecule has 1 fully saturated rings. The highest BCUT2D eigenvalue weighted by Gasteiger charge is 2.22. The molecule has 1 aromatic heterocycles. The molecule has 0 unspecified atom stereocenters. The maximum Gasteiger partial charge on any atom is 0.254 e. The Hall–Kier alpha value is -3.76. The van der Waals surface area contributed by atoms with E-state index in [1.165, 1.54) is 0 Å². The largest absolute Gasteiger partial charge is 0.370 e. The molecule has 0 aliphatic carbocycles. The lowest BCUT2D eigenvalue weighted by molar-refractivity contribution is 0.0766. The second kappa shape index (κ2) is 10.0. The number of imidazole rings is 1. The Morgan fingerprint density at radius 1 is 0.971 bits per heavy atom. The normalized spacial score (nSPS) is 14.1. The van der Waals surface area contributed by atoms with E-state index in [-0.39, 0.29) is 5.91 Å². The molecule has 0 saturated carbocycles. The first kappa shape index (κ1) is 22.1. The Bertz CT molecular complexity index is 1310. The molecular formula is C27H25N5OS. The van der Waals surface area contributed by atoms with Crippen LogP contribution in [0.3, 0.4) is 0 Å². The number of carbonyl (C=O) groups excluding carboxylic acids is 1. The second-order valence-electron chi connectivity index (χ2n) is 8.30. The second-order valence-corrected chi connectivity index (χ2v) is 9.26. The molecule has 0 radical (unpaired) electrons. The summed E-state index contributed by atoms with van der Waals surface area (Å²) in [5.74, 6) is 0.759. The van der Waals surface area contributed by atoms with Crippen molar-refractivity contribution in [1.29, 1.82) is 5.26 Å². The number of benzene rings is 3. The molecule has 1 aliphatic heterocycles. The predicted molar refractivity (Wildman–Crippen MR) is 136 cm³/mol. The van der Waals surface area contributed by atoms with Crippen molar-refractivity contribution in [2.75, 3.05) is 31.1 Å². The minimum atomic E-state index is 0.0856. The van der Waals surface area contributed by atoms with Gasteiger partial charge in [0.2, 0.25) is 0 Å². The van der Waals surface area contributed by atoms with Gasteiger partial charge in [0.05, 0.1) is 22.7 Å². The van der Waals surface area contributed by atoms with Crippen LogP contribution < -0.4 is 4.90 Å². The number of aromatic amines is 1. The number of nitrogens with zero attached hydrogens (tertiary/aromatic N) is 4. The number of H-pyrrole nitrogens is 1. The van der Waals surface area contributed by atoms with Crippen LogP contribution in [-0.4, -0.2) is 47.0 Å². The lowest BCUT2D eigenvalue weighted by atomic mass is 10.1. The quantitative estimate of drug-likeness (QED) is 0.414. The van der Waals surface area contributed by atoms with Crippen LogP contribution in [0.1, 0.15) is 27.9 Å². The monoisotopic (exact) mass is 467 g/mol. The van der Waals surface area contributed by atoms with Crippen molar-refractivity contribution >= 4 is 34.4 Å². The van der Waals surface area contributed by atoms with Gasteiger partial charge in [-0.2, -0.15) is 5.26 Å². The Labute approximate surface area is 203 Å². The lowest BCUT2D eigenvalue weighted by Crippen LogP contribution is -2.35. The predicted octanol–water partition coefficient (Wildman–Crippen LogP) is 5.08. The number of amides is 1. The van der Waals surface area contributed by atoms with Crippen LogP contribution >= 0.6 is 11.8 Å². The topological polar surface area (TPSA) is 76.0 Å². The molecule has 6 nitrogen and oxygen atoms in total. The van der Waals surface area contributed by atoms with E-state index in [1.807, 2.05) is 77.7 Å². The van der Waals surface area contributed by atoms with E-state index in [0.717, 1.165) is 59.1 Å². The molecule has 1 amide bonds. The summed E-state index contributed by atoms with van der Waals surface area (Å²) in [6.45, 7) is 3.06. The third-order valence-electron chi connectivity index (χ3n) is 6.12. The summed E-state index contributed by atoms with van der Waals surface area (Å²) in [5.41, 5.74) is 5.50. The van der Waals surface area contributed by atoms with Crippen molar-refractivity contribution in [1.82, 2.24) is 14.9 Å². The number of thioether (sulfide) groups is 1. The number of para-hydroxylation sites is 2. The van der Waals surface area contributed by atoms with E-state index >= 15 is 0 Å². The molecule has 2 heterocycles. The van der Waals surface area contributed by atoms with E-state index < -0.39 is 0 Å². The van der Waals surface area contributed by atoms with Crippen molar-refractivity contribution in [2.24, 2.45) is 0 Å². The molecular weight excluding hydrogens is 442 g/mol. The van der Waals surface area contributed by atoms with Gasteiger partial charge in [0.25, 0.3) is 5.91 Å². The zero-order valence-electron chi connectivity index (χ0n) is 18.8. The number of nitrogens with one attached hydrogen (secondary N) is 1. The van der Waals surface area contributed by atoms with Gasteiger partial charge in [-0.15, -0.1) is 0 Å². The molecule has 4 aromatic rings. The van der Waals surface area contributed by atoms with Gasteiger partial charge in [-0.05, 0) is 54.4 Å². The highest BCUT2D eigenvalue weighted by molar-refractivity contribution is 7.98. The smallest absolute Gasteiger partial charge is 0.254 e. The van der Waals surface area contributed by atoms with Crippen LogP contribution in [-0.2, 0) is 5.75 Å². The van der Waals surface area contributed by atoms with Gasteiger partial charge in [0, 0.05) is 43.2 Å². The van der Waals surface area contributed by atoms with Crippen LogP contribution in [0.25, 0.3) is 11.0 Å². The highest BCUT2D eigenvalue weighted by atomic mass is 32.2. The number of rotatable bonds is 5. The van der Waals surface area contributed by atoms with E-state index in [2.05, 4.69) is 20.9 Å². The molecule has 1 N–H and O–H groups in total. The Morgan fingerprint density at radius 3 is 2.59 bits per heavy atom. The standard InChI is InChI=1S/C27H25N5OS/c28-18-20-10-12-22(13-11-20)31-14-5-15-32(17-16-31)26(33)23-7-2-1-6-21(23)19-34-27-29-24-8-3-4-9-25(24)30-27/h1-4,6-13H,5,14-17,19H2,(H,29,30). The van der Waals surface area contributed by atoms with Crippen molar-refractivity contribution in [3.63, 3.8) is 0 Å². The maximum atomic E-state index is 13.5. The molecule has 0 atom stereocenters. The summed E-state index contributed by atoms with van der Waals surface area (Å²) in [5, 5.41) is 9.89. The molecule has 5 rings (SSSR count). The van der Waals surface area contributed by atoms with Gasteiger partial charge >= 0.3 is 0 Å². The average Bonchev–Trinajstić information content (AvgIpc) is 3.15. The van der Waals surface area contributed by atoms with Crippen molar-refractivity contribution in [2.45, 2.75) is 17.3 Å². The van der Waals surface area contributed by atoms with Crippen molar-refractivity contribution in [3.8, 4) is 6.07 Å². The summed E-state index contributed by atoms with van der Waals surface area (Å²) in [6, 6.07) is 25.7. The van der Waals surface area contributed by atoms with Gasteiger partial charge in [-0.25, -0.2) is 4.98 Å². The van der Waals surface area contributed by atoms with E-state index in [1.54, 1.807) is 11.8 Å². The van der Waals surface area contributed by atoms with Gasteiger partial charge in [-0.1, -0.05) is 42.1 Å². The summed E-state index contributed by atoms with van der Waals surface area (Å²) in [6.07, 6.45) is 0.904. The molecule has 7 heteroatoms. The third kappa shape index (κ3) is 4.78. The van der Waals surface area contributed by atoms with Gasteiger partial charge in [0.15, 0.2) is 5.16 Å². The van der Waals surface area contributed by atoms with Gasteiger partial charge in [-0.3, -0.25) is 4.79 Å². The Kier molecular flexibility index (Phi) is 6.50. The number of fused-ring (bicyclic) bond motifs is 1. The van der Waals surface area contributed by atoms with Crippen LogP contribution in [0, 0.1) is 11.3 Å². The van der Waals surface area contributed by atoms with Crippen LogP contribution in [0.2, 0.25) is 0 Å². The first-order valence-corrected chi connectivity index (χ1v) is 12.4. The third-order valence-corrected chi connectivity index (χ3v) is 7.05. The zero-order chi connectivity index (χ0) is 23.3. The van der Waals surface area contributed by atoms with E-state index in [9.17, 15) is 4.79 Å². The number of carbonyl (C=O) groups is 1. The van der Waals surface area contributed by atoms with E-state index in [0.29, 0.717) is 17.9 Å². The highest BCUT2D eigenvalue weighted by Crippen LogP contribution is 2.26. The first-order chi connectivity index (χ1) is 16.7.